The van der Waals surface area contributed by atoms with Crippen molar-refractivity contribution in [3.8, 4) is 5.75 Å². The second-order valence-corrected chi connectivity index (χ2v) is 9.90. The number of likely N-dealkylation sites (tertiary alicyclic amines) is 1. The molecular formula is C26H34N2O4S. The van der Waals surface area contributed by atoms with Crippen LogP contribution in [-0.4, -0.2) is 59.2 Å². The zero-order chi connectivity index (χ0) is 23.0. The van der Waals surface area contributed by atoms with E-state index < -0.39 is 6.10 Å². The fourth-order valence-electron chi connectivity index (χ4n) is 4.84. The summed E-state index contributed by atoms with van der Waals surface area (Å²) in [6.07, 6.45) is 6.66. The summed E-state index contributed by atoms with van der Waals surface area (Å²) >= 11 is 1.75. The molecule has 2 aromatic heterocycles. The summed E-state index contributed by atoms with van der Waals surface area (Å²) in [4.78, 5) is 6.89. The molecule has 1 aliphatic rings. The maximum absolute atomic E-state index is 11.0. The van der Waals surface area contributed by atoms with Gasteiger partial charge in [-0.1, -0.05) is 11.8 Å². The van der Waals surface area contributed by atoms with Crippen molar-refractivity contribution in [2.45, 2.75) is 36.9 Å². The number of pyridine rings is 1. The quantitative estimate of drug-likeness (QED) is 0.309. The van der Waals surface area contributed by atoms with Crippen LogP contribution in [0.25, 0.3) is 10.9 Å². The molecule has 33 heavy (non-hydrogen) atoms. The van der Waals surface area contributed by atoms with Crippen molar-refractivity contribution < 1.29 is 19.4 Å². The van der Waals surface area contributed by atoms with Crippen molar-refractivity contribution in [3.63, 3.8) is 0 Å². The lowest BCUT2D eigenvalue weighted by atomic mass is 9.81. The molecule has 1 aliphatic heterocycles. The fraction of sp³-hybridized carbons (Fsp3) is 0.500. The highest BCUT2D eigenvalue weighted by Crippen LogP contribution is 2.33. The van der Waals surface area contributed by atoms with Crippen LogP contribution in [0.3, 0.4) is 0 Å². The van der Waals surface area contributed by atoms with Gasteiger partial charge in [-0.2, -0.15) is 0 Å². The Morgan fingerprint density at radius 3 is 2.97 bits per heavy atom. The Kier molecular flexibility index (Phi) is 8.67. The summed E-state index contributed by atoms with van der Waals surface area (Å²) in [6.45, 7) is 3.23. The average molecular weight is 471 g/mol. The largest absolute Gasteiger partial charge is 0.497 e. The Balaban J connectivity index is 1.27. The molecule has 4 rings (SSSR count). The summed E-state index contributed by atoms with van der Waals surface area (Å²) < 4.78 is 10.7. The maximum Gasteiger partial charge on any atom is 0.160 e. The van der Waals surface area contributed by atoms with Crippen LogP contribution in [0, 0.1) is 11.8 Å². The second kappa shape index (κ2) is 11.9. The number of aliphatic hydroxyl groups excluding tert-OH is 2. The van der Waals surface area contributed by atoms with Crippen molar-refractivity contribution in [1.29, 1.82) is 0 Å². The topological polar surface area (TPSA) is 79.0 Å². The number of methoxy groups -OCH3 is 1. The summed E-state index contributed by atoms with van der Waals surface area (Å²) in [6, 6.07) is 11.6. The number of hydrogen-bond acceptors (Lipinski definition) is 7. The fourth-order valence-corrected chi connectivity index (χ4v) is 5.62. The van der Waals surface area contributed by atoms with Crippen molar-refractivity contribution in [2.24, 2.45) is 11.8 Å². The molecule has 3 heterocycles. The molecule has 2 N–H and O–H groups in total. The van der Waals surface area contributed by atoms with Crippen molar-refractivity contribution >= 4 is 22.7 Å². The van der Waals surface area contributed by atoms with E-state index in [-0.39, 0.29) is 12.5 Å². The number of ether oxygens (including phenoxy) is 1. The number of nitrogens with zero attached hydrogens (tertiary/aromatic N) is 2. The molecule has 0 spiro atoms. The van der Waals surface area contributed by atoms with Crippen LogP contribution in [-0.2, 0) is 0 Å². The van der Waals surface area contributed by atoms with Crippen LogP contribution in [0.5, 0.6) is 5.75 Å². The van der Waals surface area contributed by atoms with E-state index in [1.54, 1.807) is 31.3 Å². The third-order valence-electron chi connectivity index (χ3n) is 6.72. The molecule has 0 unspecified atom stereocenters. The number of rotatable bonds is 11. The Hall–Kier alpha value is -2.06. The molecule has 3 aromatic rings. The zero-order valence-corrected chi connectivity index (χ0v) is 20.0. The predicted molar refractivity (Wildman–Crippen MR) is 132 cm³/mol. The van der Waals surface area contributed by atoms with Crippen LogP contribution in [0.2, 0.25) is 0 Å². The van der Waals surface area contributed by atoms with E-state index in [1.165, 1.54) is 0 Å². The van der Waals surface area contributed by atoms with Gasteiger partial charge in [0.25, 0.3) is 0 Å². The van der Waals surface area contributed by atoms with Crippen LogP contribution < -0.4 is 4.74 Å². The normalized spacial score (nSPS) is 20.2. The van der Waals surface area contributed by atoms with E-state index in [0.29, 0.717) is 12.3 Å². The van der Waals surface area contributed by atoms with Crippen LogP contribution in [0.15, 0.2) is 58.4 Å². The van der Waals surface area contributed by atoms with Crippen LogP contribution in [0.4, 0.5) is 0 Å². The Morgan fingerprint density at radius 1 is 1.27 bits per heavy atom. The third kappa shape index (κ3) is 6.29. The van der Waals surface area contributed by atoms with E-state index in [9.17, 15) is 10.2 Å². The van der Waals surface area contributed by atoms with E-state index in [0.717, 1.165) is 72.0 Å². The molecule has 1 fully saturated rings. The number of piperidine rings is 1. The van der Waals surface area contributed by atoms with E-state index in [2.05, 4.69) is 9.88 Å². The lowest BCUT2D eigenvalue weighted by Gasteiger charge is -2.38. The standard InChI is InChI=1S/C26H34N2O4S/c1-31-21-6-7-24-23(16-21)22(9-11-27-24)25(30)8-5-19-10-13-28(17-20(19)18-29)12-3-15-33-26-4-2-14-32-26/h2,4,6-7,9,11,14,16,19-20,25,29-30H,3,5,8,10,12-13,15,17-18H2,1H3/t19-,20-,25-/m1/s1. The van der Waals surface area contributed by atoms with Gasteiger partial charge in [-0.15, -0.1) is 0 Å². The lowest BCUT2D eigenvalue weighted by molar-refractivity contribution is 0.0581. The Morgan fingerprint density at radius 2 is 2.18 bits per heavy atom. The molecule has 0 radical (unpaired) electrons. The first-order valence-corrected chi connectivity index (χ1v) is 12.8. The molecular weight excluding hydrogens is 436 g/mol. The predicted octanol–water partition coefficient (Wildman–Crippen LogP) is 4.76. The van der Waals surface area contributed by atoms with Crippen LogP contribution in [0.1, 0.15) is 37.4 Å². The number of furan rings is 1. The molecule has 178 valence electrons. The molecule has 7 heteroatoms. The van der Waals surface area contributed by atoms with Gasteiger partial charge in [0.15, 0.2) is 5.09 Å². The smallest absolute Gasteiger partial charge is 0.160 e. The average Bonchev–Trinajstić information content (AvgIpc) is 3.38. The first-order valence-electron chi connectivity index (χ1n) is 11.8. The number of aliphatic hydroxyl groups is 2. The molecule has 3 atom stereocenters. The summed E-state index contributed by atoms with van der Waals surface area (Å²) in [5.41, 5.74) is 1.75. The lowest BCUT2D eigenvalue weighted by Crippen LogP contribution is -2.42. The number of hydrogen-bond donors (Lipinski definition) is 2. The van der Waals surface area contributed by atoms with Gasteiger partial charge in [0.05, 0.1) is 25.0 Å². The highest BCUT2D eigenvalue weighted by molar-refractivity contribution is 7.99. The first kappa shape index (κ1) is 24.1. The van der Waals surface area contributed by atoms with Gasteiger partial charge >= 0.3 is 0 Å². The first-order chi connectivity index (χ1) is 16.2. The van der Waals surface area contributed by atoms with Crippen molar-refractivity contribution in [2.75, 3.05) is 39.1 Å². The summed E-state index contributed by atoms with van der Waals surface area (Å²) in [5, 5.41) is 22.9. The Labute approximate surface area is 200 Å². The monoisotopic (exact) mass is 470 g/mol. The van der Waals surface area contributed by atoms with Gasteiger partial charge in [0.2, 0.25) is 0 Å². The van der Waals surface area contributed by atoms with Gasteiger partial charge in [-0.25, -0.2) is 0 Å². The zero-order valence-electron chi connectivity index (χ0n) is 19.2. The molecule has 1 aromatic carbocycles. The van der Waals surface area contributed by atoms with E-state index >= 15 is 0 Å². The van der Waals surface area contributed by atoms with Gasteiger partial charge in [0.1, 0.15) is 5.75 Å². The minimum absolute atomic E-state index is 0.202. The molecule has 0 amide bonds. The minimum Gasteiger partial charge on any atom is -0.497 e. The van der Waals surface area contributed by atoms with E-state index in [4.69, 9.17) is 9.15 Å². The molecule has 0 aliphatic carbocycles. The van der Waals surface area contributed by atoms with Crippen molar-refractivity contribution in [1.82, 2.24) is 9.88 Å². The molecule has 1 saturated heterocycles. The SMILES string of the molecule is COc1ccc2nccc([C@H](O)CC[C@@H]3CCN(CCCSc4ccco4)C[C@@H]3CO)c2c1. The summed E-state index contributed by atoms with van der Waals surface area (Å²) in [7, 11) is 1.65. The molecule has 0 saturated carbocycles. The number of benzene rings is 1. The van der Waals surface area contributed by atoms with E-state index in [1.807, 2.05) is 36.4 Å². The second-order valence-electron chi connectivity index (χ2n) is 8.80. The highest BCUT2D eigenvalue weighted by Gasteiger charge is 2.29. The molecule has 0 bridgehead atoms. The van der Waals surface area contributed by atoms with Crippen LogP contribution >= 0.6 is 11.8 Å². The number of thioether (sulfide) groups is 1. The minimum atomic E-state index is -0.557. The van der Waals surface area contributed by atoms with Gasteiger partial charge < -0.3 is 24.3 Å². The van der Waals surface area contributed by atoms with Gasteiger partial charge in [-0.3, -0.25) is 4.98 Å². The highest BCUT2D eigenvalue weighted by atomic mass is 32.2. The summed E-state index contributed by atoms with van der Waals surface area (Å²) in [5.74, 6) is 2.49. The van der Waals surface area contributed by atoms with Gasteiger partial charge in [-0.05, 0) is 92.6 Å². The van der Waals surface area contributed by atoms with Crippen molar-refractivity contribution in [3.05, 3.63) is 54.4 Å². The number of aromatic nitrogens is 1. The molecule has 6 nitrogen and oxygen atoms in total. The Bertz CT molecular complexity index is 997. The number of fused-ring (bicyclic) bond motifs is 1. The third-order valence-corrected chi connectivity index (χ3v) is 7.73. The maximum atomic E-state index is 11.0. The van der Waals surface area contributed by atoms with Gasteiger partial charge in [0, 0.05) is 30.5 Å².